The number of aromatic nitrogens is 1. The van der Waals surface area contributed by atoms with E-state index >= 15 is 0 Å². The number of benzene rings is 1. The number of nitrogens with zero attached hydrogens (tertiary/aromatic N) is 1. The van der Waals surface area contributed by atoms with Crippen LogP contribution in [-0.2, 0) is 16.1 Å². The molecule has 0 aliphatic heterocycles. The lowest BCUT2D eigenvalue weighted by Gasteiger charge is -2.08. The van der Waals surface area contributed by atoms with Crippen LogP contribution in [0, 0.1) is 13.8 Å². The molecule has 1 aromatic heterocycles. The number of aryl methyl sites for hydroxylation is 1. The fraction of sp³-hybridized carbons (Fsp3) is 0.318. The zero-order valence-corrected chi connectivity index (χ0v) is 17.0. The third-order valence-electron chi connectivity index (χ3n) is 4.37. The quantitative estimate of drug-likeness (QED) is 0.378. The van der Waals surface area contributed by atoms with Gasteiger partial charge in [-0.15, -0.1) is 6.58 Å². The van der Waals surface area contributed by atoms with E-state index in [2.05, 4.69) is 11.9 Å². The van der Waals surface area contributed by atoms with Crippen LogP contribution in [0.2, 0.25) is 0 Å². The van der Waals surface area contributed by atoms with Gasteiger partial charge in [-0.1, -0.05) is 6.08 Å². The number of carbonyl (C=O) groups excluding carboxylic acids is 3. The van der Waals surface area contributed by atoms with E-state index in [-0.39, 0.29) is 18.9 Å². The van der Waals surface area contributed by atoms with Crippen LogP contribution in [0.15, 0.2) is 43.0 Å². The zero-order valence-electron chi connectivity index (χ0n) is 17.0. The topological polar surface area (TPSA) is 86.6 Å². The Labute approximate surface area is 170 Å². The molecule has 0 bridgehead atoms. The fourth-order valence-electron chi connectivity index (χ4n) is 2.89. The van der Waals surface area contributed by atoms with Gasteiger partial charge in [0.05, 0.1) is 6.61 Å². The summed E-state index contributed by atoms with van der Waals surface area (Å²) in [6.07, 6.45) is 1.75. The van der Waals surface area contributed by atoms with Gasteiger partial charge in [0.1, 0.15) is 12.3 Å². The first-order chi connectivity index (χ1) is 13.9. The average Bonchev–Trinajstić information content (AvgIpc) is 2.99. The number of allylic oxidation sites excluding steroid dienone is 1. The number of hydrogen-bond donors (Lipinski definition) is 1. The van der Waals surface area contributed by atoms with E-state index in [1.54, 1.807) is 36.4 Å². The number of carbonyl (C=O) groups is 3. The summed E-state index contributed by atoms with van der Waals surface area (Å²) in [5, 5.41) is 2.47. The molecule has 7 nitrogen and oxygen atoms in total. The molecule has 0 spiro atoms. The van der Waals surface area contributed by atoms with Crippen LogP contribution in [0.4, 0.5) is 0 Å². The number of rotatable bonds is 10. The summed E-state index contributed by atoms with van der Waals surface area (Å²) in [7, 11) is 0. The second-order valence-corrected chi connectivity index (χ2v) is 6.41. The van der Waals surface area contributed by atoms with E-state index < -0.39 is 11.9 Å². The molecule has 1 aromatic carbocycles. The number of Topliss-reactive ketones (excluding diaryl/α,β-unsaturated/α-hetero) is 1. The molecule has 29 heavy (non-hydrogen) atoms. The zero-order chi connectivity index (χ0) is 21.4. The first-order valence-electron chi connectivity index (χ1n) is 9.34. The van der Waals surface area contributed by atoms with Crippen molar-refractivity contribution in [3.8, 4) is 5.75 Å². The van der Waals surface area contributed by atoms with Gasteiger partial charge in [0.25, 0.3) is 5.91 Å². The summed E-state index contributed by atoms with van der Waals surface area (Å²) in [6.45, 7) is 9.74. The Balaban J connectivity index is 1.83. The van der Waals surface area contributed by atoms with Gasteiger partial charge in [-0.05, 0) is 51.1 Å². The van der Waals surface area contributed by atoms with Crippen LogP contribution >= 0.6 is 0 Å². The summed E-state index contributed by atoms with van der Waals surface area (Å²) in [5.41, 5.74) is 2.63. The fourth-order valence-corrected chi connectivity index (χ4v) is 2.89. The van der Waals surface area contributed by atoms with Gasteiger partial charge in [0, 0.05) is 29.1 Å². The van der Waals surface area contributed by atoms with Crippen molar-refractivity contribution >= 4 is 17.7 Å². The Morgan fingerprint density at radius 2 is 1.86 bits per heavy atom. The van der Waals surface area contributed by atoms with Crippen LogP contribution < -0.4 is 10.1 Å². The Hall–Kier alpha value is -3.35. The number of ether oxygens (including phenoxy) is 2. The molecule has 1 amide bonds. The van der Waals surface area contributed by atoms with Crippen molar-refractivity contribution in [2.24, 2.45) is 0 Å². The summed E-state index contributed by atoms with van der Waals surface area (Å²) >= 11 is 0. The number of hydrogen-bond acceptors (Lipinski definition) is 5. The third kappa shape index (κ3) is 5.81. The first-order valence-corrected chi connectivity index (χ1v) is 9.34. The first kappa shape index (κ1) is 21.9. The molecule has 2 rings (SSSR count). The van der Waals surface area contributed by atoms with Crippen molar-refractivity contribution in [3.05, 3.63) is 65.5 Å². The highest BCUT2D eigenvalue weighted by Gasteiger charge is 2.17. The van der Waals surface area contributed by atoms with Crippen molar-refractivity contribution in [2.45, 2.75) is 27.3 Å². The average molecular weight is 398 g/mol. The van der Waals surface area contributed by atoms with Crippen LogP contribution in [-0.4, -0.2) is 42.0 Å². The second kappa shape index (κ2) is 10.3. The van der Waals surface area contributed by atoms with E-state index in [1.807, 2.05) is 25.3 Å². The monoisotopic (exact) mass is 398 g/mol. The lowest BCUT2D eigenvalue weighted by molar-refractivity contribution is -0.141. The molecule has 0 aliphatic carbocycles. The number of ketones is 1. The molecule has 0 atom stereocenters. The number of nitrogens with one attached hydrogen (secondary N) is 1. The minimum Gasteiger partial charge on any atom is -0.494 e. The van der Waals surface area contributed by atoms with Crippen LogP contribution in [0.5, 0.6) is 5.75 Å². The Kier molecular flexibility index (Phi) is 7.77. The molecule has 0 saturated carbocycles. The second-order valence-electron chi connectivity index (χ2n) is 6.41. The van der Waals surface area contributed by atoms with Gasteiger partial charge < -0.3 is 19.4 Å². The van der Waals surface area contributed by atoms with Crippen LogP contribution in [0.3, 0.4) is 0 Å². The van der Waals surface area contributed by atoms with Gasteiger partial charge in [0.15, 0.2) is 6.61 Å². The Morgan fingerprint density at radius 1 is 1.17 bits per heavy atom. The maximum atomic E-state index is 12.4. The van der Waals surface area contributed by atoms with Gasteiger partial charge in [0.2, 0.25) is 5.78 Å². The Morgan fingerprint density at radius 3 is 2.48 bits per heavy atom. The number of esters is 1. The molecule has 7 heteroatoms. The SMILES string of the molecule is C=CCn1c(C)cc(C(=O)COC(=O)CNC(=O)c2ccc(OCC)cc2)c1C. The maximum Gasteiger partial charge on any atom is 0.325 e. The molecule has 0 radical (unpaired) electrons. The predicted molar refractivity (Wildman–Crippen MR) is 109 cm³/mol. The largest absolute Gasteiger partial charge is 0.494 e. The van der Waals surface area contributed by atoms with Crippen molar-refractivity contribution < 1.29 is 23.9 Å². The molecule has 0 unspecified atom stereocenters. The van der Waals surface area contributed by atoms with Crippen molar-refractivity contribution in [1.29, 1.82) is 0 Å². The summed E-state index contributed by atoms with van der Waals surface area (Å²) in [5.74, 6) is -0.726. The summed E-state index contributed by atoms with van der Waals surface area (Å²) in [4.78, 5) is 36.3. The van der Waals surface area contributed by atoms with E-state index in [9.17, 15) is 14.4 Å². The normalized spacial score (nSPS) is 10.3. The molecule has 0 aliphatic rings. The standard InChI is InChI=1S/C22H26N2O5/c1-5-11-24-15(3)12-19(16(24)4)20(25)14-29-21(26)13-23-22(27)17-7-9-18(10-8-17)28-6-2/h5,7-10,12H,1,6,11,13-14H2,2-4H3,(H,23,27). The maximum absolute atomic E-state index is 12.4. The van der Waals surface area contributed by atoms with Crippen molar-refractivity contribution in [1.82, 2.24) is 9.88 Å². The summed E-state index contributed by atoms with van der Waals surface area (Å²) in [6, 6.07) is 8.33. The molecule has 2 aromatic rings. The van der Waals surface area contributed by atoms with E-state index in [0.717, 1.165) is 11.4 Å². The molecule has 0 fully saturated rings. The Bertz CT molecular complexity index is 897. The smallest absolute Gasteiger partial charge is 0.325 e. The van der Waals surface area contributed by atoms with Crippen LogP contribution in [0.1, 0.15) is 39.0 Å². The molecule has 1 N–H and O–H groups in total. The molecular formula is C22H26N2O5. The van der Waals surface area contributed by atoms with E-state index in [1.165, 1.54) is 0 Å². The lowest BCUT2D eigenvalue weighted by atomic mass is 10.1. The minimum atomic E-state index is -0.683. The minimum absolute atomic E-state index is 0.292. The van der Waals surface area contributed by atoms with Gasteiger partial charge in [-0.25, -0.2) is 0 Å². The summed E-state index contributed by atoms with van der Waals surface area (Å²) < 4.78 is 12.3. The lowest BCUT2D eigenvalue weighted by Crippen LogP contribution is -2.31. The van der Waals surface area contributed by atoms with E-state index in [4.69, 9.17) is 9.47 Å². The number of amides is 1. The van der Waals surface area contributed by atoms with Gasteiger partial charge in [-0.3, -0.25) is 14.4 Å². The molecule has 154 valence electrons. The van der Waals surface area contributed by atoms with E-state index in [0.29, 0.717) is 30.0 Å². The predicted octanol–water partition coefficient (Wildman–Crippen LogP) is 2.85. The third-order valence-corrected chi connectivity index (χ3v) is 4.37. The highest BCUT2D eigenvalue weighted by molar-refractivity contribution is 6.00. The molecular weight excluding hydrogens is 372 g/mol. The highest BCUT2D eigenvalue weighted by atomic mass is 16.5. The highest BCUT2D eigenvalue weighted by Crippen LogP contribution is 2.16. The van der Waals surface area contributed by atoms with Gasteiger partial charge in [-0.2, -0.15) is 0 Å². The van der Waals surface area contributed by atoms with Crippen molar-refractivity contribution in [2.75, 3.05) is 19.8 Å². The van der Waals surface area contributed by atoms with Gasteiger partial charge >= 0.3 is 5.97 Å². The van der Waals surface area contributed by atoms with Crippen LogP contribution in [0.25, 0.3) is 0 Å². The molecule has 0 saturated heterocycles. The van der Waals surface area contributed by atoms with Crippen molar-refractivity contribution in [3.63, 3.8) is 0 Å². The molecule has 1 heterocycles.